The van der Waals surface area contributed by atoms with Gasteiger partial charge in [-0.25, -0.2) is 4.98 Å². The second-order valence-corrected chi connectivity index (χ2v) is 9.25. The highest BCUT2D eigenvalue weighted by molar-refractivity contribution is 7.18. The molecular weight excluding hydrogens is 446 g/mol. The van der Waals surface area contributed by atoms with E-state index in [0.717, 1.165) is 26.5 Å². The third-order valence-corrected chi connectivity index (χ3v) is 6.65. The van der Waals surface area contributed by atoms with Crippen LogP contribution in [0, 0.1) is 0 Å². The fraction of sp³-hybridized carbons (Fsp3) is 0.222. The summed E-state index contributed by atoms with van der Waals surface area (Å²) in [6, 6.07) is 24.7. The first kappa shape index (κ1) is 23.4. The monoisotopic (exact) mass is 473 g/mol. The number of anilines is 1. The molecule has 0 aliphatic heterocycles. The van der Waals surface area contributed by atoms with Gasteiger partial charge in [0.2, 0.25) is 11.8 Å². The Morgan fingerprint density at radius 3 is 2.38 bits per heavy atom. The normalized spacial score (nSPS) is 12.6. The molecule has 0 radical (unpaired) electrons. The van der Waals surface area contributed by atoms with Crippen LogP contribution in [0.4, 0.5) is 5.69 Å². The molecule has 34 heavy (non-hydrogen) atoms. The van der Waals surface area contributed by atoms with E-state index in [-0.39, 0.29) is 18.4 Å². The van der Waals surface area contributed by atoms with Crippen LogP contribution in [0.5, 0.6) is 5.75 Å². The molecule has 4 aromatic rings. The summed E-state index contributed by atoms with van der Waals surface area (Å²) >= 11 is 1.59. The van der Waals surface area contributed by atoms with Crippen molar-refractivity contribution in [1.29, 1.82) is 0 Å². The van der Waals surface area contributed by atoms with Gasteiger partial charge in [-0.3, -0.25) is 9.59 Å². The fourth-order valence-corrected chi connectivity index (χ4v) is 4.90. The molecule has 1 atom stereocenters. The molecule has 2 amide bonds. The average molecular weight is 474 g/mol. The molecule has 0 aliphatic rings. The van der Waals surface area contributed by atoms with Crippen LogP contribution >= 0.6 is 11.3 Å². The Morgan fingerprint density at radius 2 is 1.68 bits per heavy atom. The van der Waals surface area contributed by atoms with Gasteiger partial charge in [0.25, 0.3) is 0 Å². The smallest absolute Gasteiger partial charge is 0.243 e. The molecule has 0 saturated carbocycles. The Morgan fingerprint density at radius 1 is 0.971 bits per heavy atom. The van der Waals surface area contributed by atoms with Gasteiger partial charge in [-0.2, -0.15) is 0 Å². The Balaban J connectivity index is 1.46. The number of hydrogen-bond donors (Lipinski definition) is 2. The van der Waals surface area contributed by atoms with Gasteiger partial charge in [0.1, 0.15) is 5.75 Å². The zero-order chi connectivity index (χ0) is 24.0. The van der Waals surface area contributed by atoms with Crippen LogP contribution in [0.2, 0.25) is 0 Å². The number of nitrogens with zero attached hydrogens (tertiary/aromatic N) is 1. The zero-order valence-electron chi connectivity index (χ0n) is 19.2. The first-order valence-electron chi connectivity index (χ1n) is 11.2. The van der Waals surface area contributed by atoms with Gasteiger partial charge >= 0.3 is 0 Å². The molecule has 1 heterocycles. The number of fused-ring (bicyclic) bond motifs is 1. The number of para-hydroxylation sites is 1. The number of carbonyl (C=O) groups excluding carboxylic acids is 2. The van der Waals surface area contributed by atoms with Gasteiger partial charge in [-0.05, 0) is 55.8 Å². The SMILES string of the molecule is CCOc1ccc(NC(=O)CNC(=O)C(C)(Cc2nc3ccccc3s2)c2ccccc2)cc1. The molecule has 6 nitrogen and oxygen atoms in total. The number of aromatic nitrogens is 1. The molecule has 1 aromatic heterocycles. The molecule has 1 unspecified atom stereocenters. The number of amides is 2. The number of rotatable bonds is 9. The predicted octanol–water partition coefficient (Wildman–Crippen LogP) is 4.95. The van der Waals surface area contributed by atoms with Crippen molar-refractivity contribution in [2.45, 2.75) is 25.7 Å². The molecule has 174 valence electrons. The van der Waals surface area contributed by atoms with E-state index in [0.29, 0.717) is 18.7 Å². The van der Waals surface area contributed by atoms with Gasteiger partial charge in [0, 0.05) is 12.1 Å². The summed E-state index contributed by atoms with van der Waals surface area (Å²) < 4.78 is 6.50. The van der Waals surface area contributed by atoms with E-state index in [2.05, 4.69) is 10.6 Å². The van der Waals surface area contributed by atoms with Crippen LogP contribution < -0.4 is 15.4 Å². The zero-order valence-corrected chi connectivity index (χ0v) is 20.0. The number of nitrogens with one attached hydrogen (secondary N) is 2. The van der Waals surface area contributed by atoms with E-state index >= 15 is 0 Å². The van der Waals surface area contributed by atoms with E-state index in [1.165, 1.54) is 0 Å². The fourth-order valence-electron chi connectivity index (χ4n) is 3.78. The van der Waals surface area contributed by atoms with Gasteiger partial charge in [-0.15, -0.1) is 11.3 Å². The molecule has 0 saturated heterocycles. The van der Waals surface area contributed by atoms with E-state index in [4.69, 9.17) is 9.72 Å². The summed E-state index contributed by atoms with van der Waals surface area (Å²) in [5.74, 6) is 0.218. The lowest BCUT2D eigenvalue weighted by molar-refractivity contribution is -0.128. The number of benzene rings is 3. The third-order valence-electron chi connectivity index (χ3n) is 5.61. The Labute approximate surface area is 203 Å². The summed E-state index contributed by atoms with van der Waals surface area (Å²) in [6.45, 7) is 4.26. The van der Waals surface area contributed by atoms with Crippen LogP contribution in [0.15, 0.2) is 78.9 Å². The second-order valence-electron chi connectivity index (χ2n) is 8.14. The Bertz CT molecular complexity index is 1240. The summed E-state index contributed by atoms with van der Waals surface area (Å²) in [7, 11) is 0. The van der Waals surface area contributed by atoms with Crippen LogP contribution in [0.3, 0.4) is 0 Å². The minimum absolute atomic E-state index is 0.131. The molecular formula is C27H27N3O3S. The van der Waals surface area contributed by atoms with Crippen molar-refractivity contribution in [1.82, 2.24) is 10.3 Å². The Kier molecular flexibility index (Phi) is 7.23. The van der Waals surface area contributed by atoms with Crippen LogP contribution in [0.1, 0.15) is 24.4 Å². The maximum atomic E-state index is 13.4. The van der Waals surface area contributed by atoms with Crippen molar-refractivity contribution < 1.29 is 14.3 Å². The molecule has 0 aliphatic carbocycles. The minimum Gasteiger partial charge on any atom is -0.494 e. The van der Waals surface area contributed by atoms with Gasteiger partial charge in [-0.1, -0.05) is 42.5 Å². The lowest BCUT2D eigenvalue weighted by atomic mass is 9.78. The highest BCUT2D eigenvalue weighted by Gasteiger charge is 2.36. The molecule has 0 spiro atoms. The molecule has 0 bridgehead atoms. The van der Waals surface area contributed by atoms with Crippen molar-refractivity contribution in [2.75, 3.05) is 18.5 Å². The summed E-state index contributed by atoms with van der Waals surface area (Å²) in [6.07, 6.45) is 0.433. The van der Waals surface area contributed by atoms with Gasteiger partial charge in [0.05, 0.1) is 33.8 Å². The summed E-state index contributed by atoms with van der Waals surface area (Å²) in [5.41, 5.74) is 1.56. The van der Waals surface area contributed by atoms with E-state index < -0.39 is 5.41 Å². The lowest BCUT2D eigenvalue weighted by Gasteiger charge is -2.28. The number of carbonyl (C=O) groups is 2. The maximum Gasteiger partial charge on any atom is 0.243 e. The minimum atomic E-state index is -0.880. The van der Waals surface area contributed by atoms with Crippen LogP contribution in [0.25, 0.3) is 10.2 Å². The molecule has 2 N–H and O–H groups in total. The molecule has 3 aromatic carbocycles. The molecule has 7 heteroatoms. The van der Waals surface area contributed by atoms with Gasteiger partial charge < -0.3 is 15.4 Å². The van der Waals surface area contributed by atoms with Crippen LogP contribution in [-0.4, -0.2) is 29.9 Å². The highest BCUT2D eigenvalue weighted by Crippen LogP contribution is 2.32. The average Bonchev–Trinajstić information content (AvgIpc) is 3.26. The topological polar surface area (TPSA) is 80.3 Å². The number of hydrogen-bond acceptors (Lipinski definition) is 5. The van der Waals surface area contributed by atoms with E-state index in [9.17, 15) is 9.59 Å². The van der Waals surface area contributed by atoms with Crippen LogP contribution in [-0.2, 0) is 21.4 Å². The quantitative estimate of drug-likeness (QED) is 0.360. The Hall–Kier alpha value is -3.71. The second kappa shape index (κ2) is 10.5. The number of thiazole rings is 1. The van der Waals surface area contributed by atoms with E-state index in [1.54, 1.807) is 35.6 Å². The summed E-state index contributed by atoms with van der Waals surface area (Å²) in [5, 5.41) is 6.51. The highest BCUT2D eigenvalue weighted by atomic mass is 32.1. The maximum absolute atomic E-state index is 13.4. The van der Waals surface area contributed by atoms with Crippen molar-refractivity contribution in [3.63, 3.8) is 0 Å². The first-order valence-corrected chi connectivity index (χ1v) is 12.0. The molecule has 4 rings (SSSR count). The van der Waals surface area contributed by atoms with Crippen molar-refractivity contribution in [3.05, 3.63) is 89.4 Å². The lowest BCUT2D eigenvalue weighted by Crippen LogP contribution is -2.46. The molecule has 0 fully saturated rings. The largest absolute Gasteiger partial charge is 0.494 e. The van der Waals surface area contributed by atoms with E-state index in [1.807, 2.05) is 68.4 Å². The standard InChI is InChI=1S/C27H27N3O3S/c1-3-33-21-15-13-20(14-16-21)29-24(31)18-28-26(32)27(2,19-9-5-4-6-10-19)17-25-30-22-11-7-8-12-23(22)34-25/h4-16H,3,17-18H2,1-2H3,(H,28,32)(H,29,31). The number of ether oxygens (including phenoxy) is 1. The third kappa shape index (κ3) is 5.43. The predicted molar refractivity (Wildman–Crippen MR) is 136 cm³/mol. The summed E-state index contributed by atoms with van der Waals surface area (Å²) in [4.78, 5) is 30.7. The van der Waals surface area contributed by atoms with Crippen molar-refractivity contribution in [2.24, 2.45) is 0 Å². The van der Waals surface area contributed by atoms with Gasteiger partial charge in [0.15, 0.2) is 0 Å². The van der Waals surface area contributed by atoms with Crippen molar-refractivity contribution in [3.8, 4) is 5.75 Å². The van der Waals surface area contributed by atoms with Crippen molar-refractivity contribution >= 4 is 39.1 Å². The first-order chi connectivity index (χ1) is 16.5.